The molecule has 4 heteroatoms. The van der Waals surface area contributed by atoms with E-state index in [2.05, 4.69) is 17.1 Å². The average molecular weight is 324 g/mol. The van der Waals surface area contributed by atoms with Crippen LogP contribution in [0.3, 0.4) is 0 Å². The Morgan fingerprint density at radius 1 is 1.08 bits per heavy atom. The zero-order valence-corrected chi connectivity index (χ0v) is 13.8. The van der Waals surface area contributed by atoms with Crippen LogP contribution in [0.2, 0.25) is 0 Å². The first-order chi connectivity index (χ1) is 11.7. The molecule has 0 spiro atoms. The number of pyridine rings is 1. The number of likely N-dealkylation sites (tertiary alicyclic amines) is 1. The van der Waals surface area contributed by atoms with Crippen LogP contribution in [-0.4, -0.2) is 40.1 Å². The predicted octanol–water partition coefficient (Wildman–Crippen LogP) is 2.47. The summed E-state index contributed by atoms with van der Waals surface area (Å²) in [4.78, 5) is 18.3. The van der Waals surface area contributed by atoms with E-state index in [1.54, 1.807) is 12.4 Å². The molecule has 1 atom stereocenters. The maximum absolute atomic E-state index is 12.4. The number of nitrogens with zero attached hydrogens (tertiary/aromatic N) is 2. The highest BCUT2D eigenvalue weighted by Crippen LogP contribution is 2.23. The predicted molar refractivity (Wildman–Crippen MR) is 93.4 cm³/mol. The summed E-state index contributed by atoms with van der Waals surface area (Å²) in [6.07, 6.45) is 5.97. The molecule has 0 bridgehead atoms. The van der Waals surface area contributed by atoms with Crippen molar-refractivity contribution in [1.82, 2.24) is 9.88 Å². The van der Waals surface area contributed by atoms with E-state index in [1.807, 2.05) is 35.2 Å². The average Bonchev–Trinajstić information content (AvgIpc) is 2.63. The summed E-state index contributed by atoms with van der Waals surface area (Å²) in [5.41, 5.74) is 2.17. The number of hydrogen-bond acceptors (Lipinski definition) is 3. The summed E-state index contributed by atoms with van der Waals surface area (Å²) in [7, 11) is 0. The Kier molecular flexibility index (Phi) is 5.59. The summed E-state index contributed by atoms with van der Waals surface area (Å²) >= 11 is 0. The molecule has 1 aliphatic rings. The van der Waals surface area contributed by atoms with Gasteiger partial charge in [0.25, 0.3) is 0 Å². The fourth-order valence-electron chi connectivity index (χ4n) is 3.34. The lowest BCUT2D eigenvalue weighted by atomic mass is 9.88. The van der Waals surface area contributed by atoms with Gasteiger partial charge in [-0.2, -0.15) is 0 Å². The van der Waals surface area contributed by atoms with E-state index in [0.29, 0.717) is 12.8 Å². The molecule has 0 saturated carbocycles. The van der Waals surface area contributed by atoms with Crippen LogP contribution in [0.1, 0.15) is 24.0 Å². The summed E-state index contributed by atoms with van der Waals surface area (Å²) in [6, 6.07) is 13.9. The van der Waals surface area contributed by atoms with Crippen molar-refractivity contribution in [3.63, 3.8) is 0 Å². The Morgan fingerprint density at radius 3 is 2.42 bits per heavy atom. The van der Waals surface area contributed by atoms with Gasteiger partial charge in [-0.25, -0.2) is 0 Å². The van der Waals surface area contributed by atoms with Crippen molar-refractivity contribution in [1.29, 1.82) is 0 Å². The van der Waals surface area contributed by atoms with Gasteiger partial charge in [-0.15, -0.1) is 0 Å². The SMILES string of the molecule is O=C(Cc1ccncc1)N1CCC([C@@H](O)Cc2ccccc2)CC1. The minimum absolute atomic E-state index is 0.164. The molecule has 1 fully saturated rings. The summed E-state index contributed by atoms with van der Waals surface area (Å²) < 4.78 is 0. The van der Waals surface area contributed by atoms with E-state index >= 15 is 0 Å². The third-order valence-corrected chi connectivity index (χ3v) is 4.83. The van der Waals surface area contributed by atoms with E-state index in [9.17, 15) is 9.90 Å². The number of benzene rings is 1. The Bertz CT molecular complexity index is 637. The standard InChI is InChI=1S/C20H24N2O2/c23-19(14-16-4-2-1-3-5-16)18-8-12-22(13-9-18)20(24)15-17-6-10-21-11-7-17/h1-7,10-11,18-19,23H,8-9,12-15H2/t19-/m0/s1. The van der Waals surface area contributed by atoms with Crippen LogP contribution in [0, 0.1) is 5.92 Å². The van der Waals surface area contributed by atoms with Gasteiger partial charge >= 0.3 is 0 Å². The first-order valence-electron chi connectivity index (χ1n) is 8.61. The minimum Gasteiger partial charge on any atom is -0.392 e. The number of aliphatic hydroxyl groups is 1. The van der Waals surface area contributed by atoms with Gasteiger partial charge in [0.1, 0.15) is 0 Å². The zero-order chi connectivity index (χ0) is 16.8. The van der Waals surface area contributed by atoms with Crippen LogP contribution in [0.4, 0.5) is 0 Å². The van der Waals surface area contributed by atoms with Crippen molar-refractivity contribution >= 4 is 5.91 Å². The summed E-state index contributed by atoms with van der Waals surface area (Å²) in [5, 5.41) is 10.5. The molecular weight excluding hydrogens is 300 g/mol. The molecule has 1 amide bonds. The lowest BCUT2D eigenvalue weighted by Crippen LogP contribution is -2.42. The lowest BCUT2D eigenvalue weighted by Gasteiger charge is -2.34. The van der Waals surface area contributed by atoms with Gasteiger partial charge in [-0.1, -0.05) is 30.3 Å². The molecule has 0 unspecified atom stereocenters. The second-order valence-electron chi connectivity index (χ2n) is 6.51. The van der Waals surface area contributed by atoms with Crippen molar-refractivity contribution in [3.05, 3.63) is 66.0 Å². The monoisotopic (exact) mass is 324 g/mol. The van der Waals surface area contributed by atoms with Gasteiger partial charge < -0.3 is 10.0 Å². The number of aliphatic hydroxyl groups excluding tert-OH is 1. The molecule has 24 heavy (non-hydrogen) atoms. The molecule has 2 aromatic rings. The van der Waals surface area contributed by atoms with Crippen molar-refractivity contribution < 1.29 is 9.90 Å². The Morgan fingerprint density at radius 2 is 1.75 bits per heavy atom. The molecule has 1 aliphatic heterocycles. The van der Waals surface area contributed by atoms with E-state index in [0.717, 1.165) is 31.5 Å². The second kappa shape index (κ2) is 8.06. The van der Waals surface area contributed by atoms with Crippen LogP contribution in [0.25, 0.3) is 0 Å². The van der Waals surface area contributed by atoms with Crippen molar-refractivity contribution in [2.45, 2.75) is 31.8 Å². The number of aromatic nitrogens is 1. The number of piperidine rings is 1. The van der Waals surface area contributed by atoms with Gasteiger partial charge in [-0.05, 0) is 48.4 Å². The normalized spacial score (nSPS) is 16.8. The van der Waals surface area contributed by atoms with E-state index in [1.165, 1.54) is 5.56 Å². The fourth-order valence-corrected chi connectivity index (χ4v) is 3.34. The van der Waals surface area contributed by atoms with Gasteiger partial charge in [-0.3, -0.25) is 9.78 Å². The smallest absolute Gasteiger partial charge is 0.226 e. The van der Waals surface area contributed by atoms with E-state index < -0.39 is 0 Å². The third-order valence-electron chi connectivity index (χ3n) is 4.83. The molecule has 3 rings (SSSR count). The molecule has 0 aliphatic carbocycles. The number of carbonyl (C=O) groups is 1. The van der Waals surface area contributed by atoms with E-state index in [4.69, 9.17) is 0 Å². The maximum atomic E-state index is 12.4. The van der Waals surface area contributed by atoms with Gasteiger partial charge in [0.05, 0.1) is 12.5 Å². The molecule has 1 saturated heterocycles. The first-order valence-corrected chi connectivity index (χ1v) is 8.61. The van der Waals surface area contributed by atoms with Crippen LogP contribution in [0.15, 0.2) is 54.9 Å². The van der Waals surface area contributed by atoms with Crippen molar-refractivity contribution in [3.8, 4) is 0 Å². The van der Waals surface area contributed by atoms with Gasteiger partial charge in [0.15, 0.2) is 0 Å². The molecule has 2 heterocycles. The third kappa shape index (κ3) is 4.42. The highest BCUT2D eigenvalue weighted by Gasteiger charge is 2.27. The Labute approximate surface area is 143 Å². The summed E-state index contributed by atoms with van der Waals surface area (Å²) in [5.74, 6) is 0.437. The largest absolute Gasteiger partial charge is 0.392 e. The van der Waals surface area contributed by atoms with Crippen molar-refractivity contribution in [2.24, 2.45) is 5.92 Å². The fraction of sp³-hybridized carbons (Fsp3) is 0.400. The molecule has 1 N–H and O–H groups in total. The second-order valence-corrected chi connectivity index (χ2v) is 6.51. The molecule has 126 valence electrons. The Hall–Kier alpha value is -2.20. The lowest BCUT2D eigenvalue weighted by molar-refractivity contribution is -0.132. The van der Waals surface area contributed by atoms with Crippen LogP contribution < -0.4 is 0 Å². The molecule has 0 radical (unpaired) electrons. The minimum atomic E-state index is -0.329. The quantitative estimate of drug-likeness (QED) is 0.919. The summed E-state index contributed by atoms with van der Waals surface area (Å²) in [6.45, 7) is 1.47. The van der Waals surface area contributed by atoms with Crippen LogP contribution in [-0.2, 0) is 17.6 Å². The maximum Gasteiger partial charge on any atom is 0.226 e. The van der Waals surface area contributed by atoms with E-state index in [-0.39, 0.29) is 17.9 Å². The highest BCUT2D eigenvalue weighted by atomic mass is 16.3. The number of amides is 1. The van der Waals surface area contributed by atoms with Gasteiger partial charge in [0.2, 0.25) is 5.91 Å². The molecule has 1 aromatic heterocycles. The number of rotatable bonds is 5. The topological polar surface area (TPSA) is 53.4 Å². The first kappa shape index (κ1) is 16.7. The van der Waals surface area contributed by atoms with Crippen molar-refractivity contribution in [2.75, 3.05) is 13.1 Å². The molecule has 4 nitrogen and oxygen atoms in total. The molecular formula is C20H24N2O2. The van der Waals surface area contributed by atoms with Gasteiger partial charge in [0, 0.05) is 25.5 Å². The number of carbonyl (C=O) groups excluding carboxylic acids is 1. The van der Waals surface area contributed by atoms with Crippen LogP contribution >= 0.6 is 0 Å². The zero-order valence-electron chi connectivity index (χ0n) is 13.8. The highest BCUT2D eigenvalue weighted by molar-refractivity contribution is 5.78. The molecule has 1 aromatic carbocycles. The number of hydrogen-bond donors (Lipinski definition) is 1. The Balaban J connectivity index is 1.47. The van der Waals surface area contributed by atoms with Crippen LogP contribution in [0.5, 0.6) is 0 Å².